The Hall–Kier alpha value is -0.820. The molecular weight excluding hydrogens is 324 g/mol. The van der Waals surface area contributed by atoms with Crippen molar-refractivity contribution in [3.63, 3.8) is 0 Å². The minimum absolute atomic E-state index is 0.134. The van der Waals surface area contributed by atoms with Gasteiger partial charge in [-0.25, -0.2) is 13.2 Å². The van der Waals surface area contributed by atoms with Gasteiger partial charge in [0.25, 0.3) is 0 Å². The summed E-state index contributed by atoms with van der Waals surface area (Å²) < 4.78 is 33.9. The van der Waals surface area contributed by atoms with Crippen LogP contribution < -0.4 is 0 Å². The number of hydrogen-bond acceptors (Lipinski definition) is 5. The fourth-order valence-corrected chi connectivity index (χ4v) is 3.90. The lowest BCUT2D eigenvalue weighted by Gasteiger charge is -2.03. The van der Waals surface area contributed by atoms with E-state index in [4.69, 9.17) is 4.42 Å². The monoisotopic (exact) mass is 336 g/mol. The fourth-order valence-electron chi connectivity index (χ4n) is 1.69. The molecule has 1 saturated carbocycles. The number of hydrogen-bond donors (Lipinski definition) is 0. The van der Waals surface area contributed by atoms with Crippen LogP contribution in [0.4, 0.5) is 0 Å². The third-order valence-electron chi connectivity index (χ3n) is 2.72. The molecule has 0 N–H and O–H groups in total. The lowest BCUT2D eigenvalue weighted by atomic mass is 10.3. The van der Waals surface area contributed by atoms with Crippen LogP contribution in [0, 0.1) is 5.92 Å². The van der Waals surface area contributed by atoms with E-state index in [1.807, 2.05) is 0 Å². The quantitative estimate of drug-likeness (QED) is 0.770. The zero-order chi connectivity index (χ0) is 13.3. The average Bonchev–Trinajstić information content (AvgIpc) is 2.99. The van der Waals surface area contributed by atoms with E-state index in [-0.39, 0.29) is 28.7 Å². The van der Waals surface area contributed by atoms with E-state index in [1.165, 1.54) is 13.2 Å². The lowest BCUT2D eigenvalue weighted by Crippen LogP contribution is -2.13. The Kier molecular flexibility index (Phi) is 3.82. The topological polar surface area (TPSA) is 73.6 Å². The lowest BCUT2D eigenvalue weighted by molar-refractivity contribution is 0.0598. The molecule has 0 unspecified atom stereocenters. The van der Waals surface area contributed by atoms with Crippen LogP contribution in [0.1, 0.15) is 29.0 Å². The molecule has 0 bridgehead atoms. The van der Waals surface area contributed by atoms with Crippen LogP contribution in [0.15, 0.2) is 15.2 Å². The maximum atomic E-state index is 11.9. The standard InChI is InChI=1S/C11H13BrO5S/c1-16-11(13)8-4-10(12)17-9(8)6-18(14,15)5-7-2-3-7/h4,7H,2-3,5-6H2,1H3. The molecule has 0 atom stereocenters. The molecule has 1 aromatic heterocycles. The first-order valence-corrected chi connectivity index (χ1v) is 8.09. The smallest absolute Gasteiger partial charge is 0.341 e. The van der Waals surface area contributed by atoms with E-state index in [2.05, 4.69) is 20.7 Å². The number of carbonyl (C=O) groups is 1. The summed E-state index contributed by atoms with van der Waals surface area (Å²) in [6, 6.07) is 1.42. The second kappa shape index (κ2) is 5.05. The molecule has 1 aliphatic carbocycles. The molecule has 5 nitrogen and oxygen atoms in total. The van der Waals surface area contributed by atoms with E-state index in [0.29, 0.717) is 4.67 Å². The number of ether oxygens (including phenoxy) is 1. The summed E-state index contributed by atoms with van der Waals surface area (Å²) in [5.74, 6) is -0.295. The molecule has 1 heterocycles. The first-order valence-electron chi connectivity index (χ1n) is 5.48. The minimum Gasteiger partial charge on any atom is -0.465 e. The SMILES string of the molecule is COC(=O)c1cc(Br)oc1CS(=O)(=O)CC1CC1. The number of furan rings is 1. The normalized spacial score (nSPS) is 15.7. The number of esters is 1. The van der Waals surface area contributed by atoms with Crippen molar-refractivity contribution in [3.8, 4) is 0 Å². The summed E-state index contributed by atoms with van der Waals surface area (Å²) in [6.45, 7) is 0. The first-order chi connectivity index (χ1) is 8.41. The Bertz CT molecular complexity index is 556. The van der Waals surface area contributed by atoms with Crippen molar-refractivity contribution in [1.82, 2.24) is 0 Å². The highest BCUT2D eigenvalue weighted by Crippen LogP contribution is 2.32. The zero-order valence-electron chi connectivity index (χ0n) is 9.81. The second-order valence-corrected chi connectivity index (χ2v) is 7.27. The maximum Gasteiger partial charge on any atom is 0.341 e. The van der Waals surface area contributed by atoms with Crippen molar-refractivity contribution < 1.29 is 22.4 Å². The van der Waals surface area contributed by atoms with Gasteiger partial charge < -0.3 is 9.15 Å². The largest absolute Gasteiger partial charge is 0.465 e. The summed E-state index contributed by atoms with van der Waals surface area (Å²) in [5, 5.41) is 0. The van der Waals surface area contributed by atoms with Crippen molar-refractivity contribution in [2.24, 2.45) is 5.92 Å². The van der Waals surface area contributed by atoms with Crippen LogP contribution >= 0.6 is 15.9 Å². The first kappa shape index (κ1) is 13.6. The van der Waals surface area contributed by atoms with Crippen LogP contribution in [0.5, 0.6) is 0 Å². The number of carbonyl (C=O) groups excluding carboxylic acids is 1. The van der Waals surface area contributed by atoms with Gasteiger partial charge in [0, 0.05) is 6.07 Å². The number of rotatable bonds is 5. The molecule has 0 amide bonds. The molecule has 18 heavy (non-hydrogen) atoms. The van der Waals surface area contributed by atoms with Crippen LogP contribution in [0.2, 0.25) is 0 Å². The molecule has 1 aliphatic rings. The van der Waals surface area contributed by atoms with Gasteiger partial charge in [-0.2, -0.15) is 0 Å². The van der Waals surface area contributed by atoms with E-state index >= 15 is 0 Å². The van der Waals surface area contributed by atoms with Crippen molar-refractivity contribution >= 4 is 31.7 Å². The third-order valence-corrected chi connectivity index (χ3v) is 4.79. The highest BCUT2D eigenvalue weighted by atomic mass is 79.9. The highest BCUT2D eigenvalue weighted by Gasteiger charge is 2.30. The van der Waals surface area contributed by atoms with Crippen molar-refractivity contribution in [1.29, 1.82) is 0 Å². The molecule has 7 heteroatoms. The second-order valence-electron chi connectivity index (χ2n) is 4.38. The fraction of sp³-hybridized carbons (Fsp3) is 0.545. The summed E-state index contributed by atoms with van der Waals surface area (Å²) in [6.07, 6.45) is 1.93. The van der Waals surface area contributed by atoms with Gasteiger partial charge in [-0.05, 0) is 34.7 Å². The van der Waals surface area contributed by atoms with Crippen molar-refractivity contribution in [3.05, 3.63) is 22.1 Å². The van der Waals surface area contributed by atoms with Gasteiger partial charge in [0.1, 0.15) is 17.1 Å². The van der Waals surface area contributed by atoms with Gasteiger partial charge >= 0.3 is 5.97 Å². The van der Waals surface area contributed by atoms with E-state index in [0.717, 1.165) is 12.8 Å². The molecule has 0 spiro atoms. The summed E-state index contributed by atoms with van der Waals surface area (Å²) >= 11 is 3.08. The predicted octanol–water partition coefficient (Wildman–Crippen LogP) is 2.15. The molecule has 0 aliphatic heterocycles. The van der Waals surface area contributed by atoms with E-state index in [1.54, 1.807) is 0 Å². The van der Waals surface area contributed by atoms with E-state index < -0.39 is 15.8 Å². The Morgan fingerprint density at radius 1 is 1.56 bits per heavy atom. The highest BCUT2D eigenvalue weighted by molar-refractivity contribution is 9.10. The van der Waals surface area contributed by atoms with Gasteiger partial charge in [0.15, 0.2) is 14.5 Å². The Morgan fingerprint density at radius 3 is 2.78 bits per heavy atom. The van der Waals surface area contributed by atoms with Crippen LogP contribution in [0.3, 0.4) is 0 Å². The third kappa shape index (κ3) is 3.35. The molecule has 0 saturated heterocycles. The minimum atomic E-state index is -3.24. The van der Waals surface area contributed by atoms with Gasteiger partial charge in [0.05, 0.1) is 12.9 Å². The Morgan fingerprint density at radius 2 is 2.22 bits per heavy atom. The molecule has 1 fully saturated rings. The molecule has 0 radical (unpaired) electrons. The maximum absolute atomic E-state index is 11.9. The average molecular weight is 337 g/mol. The predicted molar refractivity (Wildman–Crippen MR) is 68.0 cm³/mol. The van der Waals surface area contributed by atoms with Crippen LogP contribution in [-0.2, 0) is 20.3 Å². The Balaban J connectivity index is 2.19. The number of sulfone groups is 1. The van der Waals surface area contributed by atoms with Crippen molar-refractivity contribution in [2.75, 3.05) is 12.9 Å². The summed E-state index contributed by atoms with van der Waals surface area (Å²) in [4.78, 5) is 11.5. The molecular formula is C11H13BrO5S. The van der Waals surface area contributed by atoms with Gasteiger partial charge in [-0.1, -0.05) is 0 Å². The van der Waals surface area contributed by atoms with Crippen LogP contribution in [-0.4, -0.2) is 27.2 Å². The molecule has 100 valence electrons. The van der Waals surface area contributed by atoms with Crippen molar-refractivity contribution in [2.45, 2.75) is 18.6 Å². The van der Waals surface area contributed by atoms with Gasteiger partial charge in [-0.3, -0.25) is 0 Å². The van der Waals surface area contributed by atoms with E-state index in [9.17, 15) is 13.2 Å². The summed E-state index contributed by atoms with van der Waals surface area (Å²) in [7, 11) is -2.00. The molecule has 2 rings (SSSR count). The summed E-state index contributed by atoms with van der Waals surface area (Å²) in [5.41, 5.74) is 0.156. The molecule has 0 aromatic carbocycles. The number of methoxy groups -OCH3 is 1. The van der Waals surface area contributed by atoms with Gasteiger partial charge in [0.2, 0.25) is 0 Å². The van der Waals surface area contributed by atoms with Crippen LogP contribution in [0.25, 0.3) is 0 Å². The number of halogens is 1. The van der Waals surface area contributed by atoms with Gasteiger partial charge in [-0.15, -0.1) is 0 Å². The molecule has 1 aromatic rings. The zero-order valence-corrected chi connectivity index (χ0v) is 12.2. The Labute approximate surface area is 114 Å².